The van der Waals surface area contributed by atoms with Crippen molar-refractivity contribution in [1.82, 2.24) is 14.9 Å². The number of hydrogen-bond donors (Lipinski definition) is 1. The Hall–Kier alpha value is -3.06. The maximum atomic E-state index is 5.50. The van der Waals surface area contributed by atoms with Gasteiger partial charge < -0.3 is 19.7 Å². The van der Waals surface area contributed by atoms with Gasteiger partial charge in [0.05, 0.1) is 5.52 Å². The van der Waals surface area contributed by atoms with Crippen molar-refractivity contribution < 1.29 is 9.47 Å². The summed E-state index contributed by atoms with van der Waals surface area (Å²) in [5, 5.41) is 4.45. The van der Waals surface area contributed by atoms with E-state index in [2.05, 4.69) is 46.3 Å². The lowest BCUT2D eigenvalue weighted by Crippen LogP contribution is -2.46. The summed E-state index contributed by atoms with van der Waals surface area (Å²) < 4.78 is 10.9. The zero-order chi connectivity index (χ0) is 19.6. The minimum Gasteiger partial charge on any atom is -0.454 e. The summed E-state index contributed by atoms with van der Waals surface area (Å²) >= 11 is 0. The fraction of sp³-hybridized carbons (Fsp3) is 0.364. The molecule has 0 saturated carbocycles. The molecule has 2 aromatic carbocycles. The van der Waals surface area contributed by atoms with Crippen LogP contribution in [0.1, 0.15) is 12.5 Å². The monoisotopic (exact) mass is 391 g/mol. The number of nitrogens with one attached hydrogen (secondary N) is 1. The second kappa shape index (κ2) is 7.75. The van der Waals surface area contributed by atoms with Crippen LogP contribution >= 0.6 is 0 Å². The van der Waals surface area contributed by atoms with Gasteiger partial charge in [0.2, 0.25) is 12.7 Å². The molecular weight excluding hydrogens is 366 g/mol. The topological polar surface area (TPSA) is 62.8 Å². The van der Waals surface area contributed by atoms with E-state index in [1.165, 1.54) is 5.56 Å². The number of hydrogen-bond acceptors (Lipinski definition) is 7. The molecule has 1 aromatic heterocycles. The summed E-state index contributed by atoms with van der Waals surface area (Å²) in [5.74, 6) is 3.41. The van der Waals surface area contributed by atoms with E-state index >= 15 is 0 Å². The second-order valence-electron chi connectivity index (χ2n) is 7.37. The Balaban J connectivity index is 1.28. The lowest BCUT2D eigenvalue weighted by atomic mass is 10.1. The molecule has 2 aliphatic rings. The molecule has 0 bridgehead atoms. The first-order valence-corrected chi connectivity index (χ1v) is 10.2. The van der Waals surface area contributed by atoms with Crippen LogP contribution in [-0.4, -0.2) is 54.4 Å². The van der Waals surface area contributed by atoms with Crippen molar-refractivity contribution in [3.63, 3.8) is 0 Å². The second-order valence-corrected chi connectivity index (χ2v) is 7.37. The maximum Gasteiger partial charge on any atom is 0.231 e. The number of piperazine rings is 1. The predicted octanol–water partition coefficient (Wildman–Crippen LogP) is 3.11. The van der Waals surface area contributed by atoms with E-state index in [0.29, 0.717) is 6.79 Å². The minimum absolute atomic E-state index is 0.318. The summed E-state index contributed by atoms with van der Waals surface area (Å²) in [4.78, 5) is 14.4. The first-order valence-electron chi connectivity index (χ1n) is 10.2. The van der Waals surface area contributed by atoms with Crippen molar-refractivity contribution in [3.05, 3.63) is 48.0 Å². The third-order valence-electron chi connectivity index (χ3n) is 5.43. The molecule has 150 valence electrons. The number of fused-ring (bicyclic) bond motifs is 2. The molecule has 1 saturated heterocycles. The highest BCUT2D eigenvalue weighted by Gasteiger charge is 2.21. The van der Waals surface area contributed by atoms with Crippen molar-refractivity contribution in [2.75, 3.05) is 49.7 Å². The van der Waals surface area contributed by atoms with Crippen molar-refractivity contribution in [1.29, 1.82) is 0 Å². The van der Waals surface area contributed by atoms with Crippen molar-refractivity contribution in [3.8, 4) is 11.5 Å². The zero-order valence-electron chi connectivity index (χ0n) is 16.6. The molecule has 1 N–H and O–H groups in total. The molecule has 0 spiro atoms. The Kier molecular flexibility index (Phi) is 4.81. The van der Waals surface area contributed by atoms with Gasteiger partial charge in [-0.25, -0.2) is 4.98 Å². The van der Waals surface area contributed by atoms with Crippen LogP contribution in [0.3, 0.4) is 0 Å². The van der Waals surface area contributed by atoms with Crippen LogP contribution in [0.5, 0.6) is 11.5 Å². The standard InChI is InChI=1S/C22H25N5O2/c1-2-23-21-17-5-3-4-6-18(17)24-22(25-21)27-11-9-26(10-12-27)14-16-7-8-19-20(13-16)29-15-28-19/h3-8,13H,2,9-12,14-15H2,1H3,(H,23,24,25). The fourth-order valence-electron chi connectivity index (χ4n) is 3.91. The molecule has 7 heteroatoms. The molecule has 1 fully saturated rings. The molecule has 0 aliphatic carbocycles. The number of ether oxygens (including phenoxy) is 2. The molecule has 0 atom stereocenters. The zero-order valence-corrected chi connectivity index (χ0v) is 16.6. The predicted molar refractivity (Wildman–Crippen MR) is 114 cm³/mol. The lowest BCUT2D eigenvalue weighted by Gasteiger charge is -2.35. The smallest absolute Gasteiger partial charge is 0.231 e. The Labute approximate surface area is 170 Å². The number of nitrogens with zero attached hydrogens (tertiary/aromatic N) is 4. The quantitative estimate of drug-likeness (QED) is 0.717. The Morgan fingerprint density at radius 3 is 2.66 bits per heavy atom. The first kappa shape index (κ1) is 18.0. The summed E-state index contributed by atoms with van der Waals surface area (Å²) in [6.45, 7) is 7.92. The van der Waals surface area contributed by atoms with Crippen LogP contribution in [0.2, 0.25) is 0 Å². The largest absolute Gasteiger partial charge is 0.454 e. The van der Waals surface area contributed by atoms with E-state index in [9.17, 15) is 0 Å². The molecule has 0 radical (unpaired) electrons. The SMILES string of the molecule is CCNc1nc(N2CCN(Cc3ccc4c(c3)OCO4)CC2)nc2ccccc12. The van der Waals surface area contributed by atoms with E-state index in [4.69, 9.17) is 19.4 Å². The third-order valence-corrected chi connectivity index (χ3v) is 5.43. The van der Waals surface area contributed by atoms with Gasteiger partial charge in [0.25, 0.3) is 0 Å². The van der Waals surface area contributed by atoms with Gasteiger partial charge in [-0.05, 0) is 36.8 Å². The number of para-hydroxylation sites is 1. The highest BCUT2D eigenvalue weighted by molar-refractivity contribution is 5.90. The van der Waals surface area contributed by atoms with Gasteiger partial charge in [-0.1, -0.05) is 18.2 Å². The number of benzene rings is 2. The highest BCUT2D eigenvalue weighted by Crippen LogP contribution is 2.33. The fourth-order valence-corrected chi connectivity index (χ4v) is 3.91. The van der Waals surface area contributed by atoms with Gasteiger partial charge in [-0.3, -0.25) is 4.90 Å². The molecule has 3 heterocycles. The van der Waals surface area contributed by atoms with Crippen LogP contribution in [0.25, 0.3) is 10.9 Å². The molecule has 5 rings (SSSR count). The van der Waals surface area contributed by atoms with Gasteiger partial charge in [-0.15, -0.1) is 0 Å². The van der Waals surface area contributed by atoms with E-state index in [0.717, 1.165) is 73.4 Å². The minimum atomic E-state index is 0.318. The number of rotatable bonds is 5. The summed E-state index contributed by atoms with van der Waals surface area (Å²) in [6.07, 6.45) is 0. The maximum absolute atomic E-state index is 5.50. The average molecular weight is 391 g/mol. The van der Waals surface area contributed by atoms with Gasteiger partial charge in [-0.2, -0.15) is 4.98 Å². The first-order chi connectivity index (χ1) is 14.3. The Morgan fingerprint density at radius 1 is 0.966 bits per heavy atom. The van der Waals surface area contributed by atoms with E-state index in [1.54, 1.807) is 0 Å². The van der Waals surface area contributed by atoms with Crippen LogP contribution in [0.15, 0.2) is 42.5 Å². The molecule has 3 aromatic rings. The lowest BCUT2D eigenvalue weighted by molar-refractivity contribution is 0.174. The van der Waals surface area contributed by atoms with Crippen LogP contribution in [0.4, 0.5) is 11.8 Å². The molecule has 29 heavy (non-hydrogen) atoms. The van der Waals surface area contributed by atoms with E-state index < -0.39 is 0 Å². The van der Waals surface area contributed by atoms with Gasteiger partial charge in [0.1, 0.15) is 5.82 Å². The molecule has 0 unspecified atom stereocenters. The van der Waals surface area contributed by atoms with Gasteiger partial charge in [0, 0.05) is 44.7 Å². The van der Waals surface area contributed by atoms with E-state index in [1.807, 2.05) is 18.2 Å². The number of aromatic nitrogens is 2. The van der Waals surface area contributed by atoms with Gasteiger partial charge in [0.15, 0.2) is 11.5 Å². The van der Waals surface area contributed by atoms with Crippen molar-refractivity contribution in [2.24, 2.45) is 0 Å². The van der Waals surface area contributed by atoms with Crippen molar-refractivity contribution in [2.45, 2.75) is 13.5 Å². The van der Waals surface area contributed by atoms with Crippen molar-refractivity contribution >= 4 is 22.7 Å². The molecule has 2 aliphatic heterocycles. The van der Waals surface area contributed by atoms with Crippen LogP contribution < -0.4 is 19.7 Å². The molecule has 0 amide bonds. The third kappa shape index (κ3) is 3.65. The van der Waals surface area contributed by atoms with E-state index in [-0.39, 0.29) is 0 Å². The molecular formula is C22H25N5O2. The summed E-state index contributed by atoms with van der Waals surface area (Å²) in [5.41, 5.74) is 2.23. The highest BCUT2D eigenvalue weighted by atomic mass is 16.7. The normalized spacial score (nSPS) is 16.4. The Morgan fingerprint density at radius 2 is 1.79 bits per heavy atom. The number of anilines is 2. The van der Waals surface area contributed by atoms with Gasteiger partial charge >= 0.3 is 0 Å². The average Bonchev–Trinajstić information content (AvgIpc) is 3.22. The molecule has 7 nitrogen and oxygen atoms in total. The summed E-state index contributed by atoms with van der Waals surface area (Å²) in [6, 6.07) is 14.4. The summed E-state index contributed by atoms with van der Waals surface area (Å²) in [7, 11) is 0. The van der Waals surface area contributed by atoms with Crippen LogP contribution in [-0.2, 0) is 6.54 Å². The van der Waals surface area contributed by atoms with Crippen LogP contribution in [0, 0.1) is 0 Å². The Bertz CT molecular complexity index is 1020.